The maximum absolute atomic E-state index is 12.3. The molecule has 0 amide bonds. The minimum Gasteiger partial charge on any atom is -0.378 e. The van der Waals surface area contributed by atoms with E-state index in [0.29, 0.717) is 29.7 Å². The number of piperidine rings is 1. The van der Waals surface area contributed by atoms with Crippen molar-refractivity contribution in [2.24, 2.45) is 11.8 Å². The van der Waals surface area contributed by atoms with Crippen LogP contribution in [0.4, 0.5) is 0 Å². The summed E-state index contributed by atoms with van der Waals surface area (Å²) < 4.78 is 5.58. The molecule has 0 N–H and O–H groups in total. The number of hydrogen-bond acceptors (Lipinski definition) is 3. The van der Waals surface area contributed by atoms with Crippen LogP contribution in [0.25, 0.3) is 0 Å². The van der Waals surface area contributed by atoms with Crippen molar-refractivity contribution < 1.29 is 9.53 Å². The maximum Gasteiger partial charge on any atom is 0.139 e. The van der Waals surface area contributed by atoms with Crippen molar-refractivity contribution in [2.75, 3.05) is 20.3 Å². The van der Waals surface area contributed by atoms with Crippen LogP contribution >= 0.6 is 0 Å². The molecule has 3 rings (SSSR count). The molecule has 90 valence electrons. The number of ketones is 1. The summed E-state index contributed by atoms with van der Waals surface area (Å²) in [6.45, 7) is 1.64. The van der Waals surface area contributed by atoms with Crippen LogP contribution in [-0.2, 0) is 9.53 Å². The van der Waals surface area contributed by atoms with E-state index >= 15 is 0 Å². The van der Waals surface area contributed by atoms with Gasteiger partial charge in [-0.25, -0.2) is 0 Å². The van der Waals surface area contributed by atoms with E-state index in [1.54, 1.807) is 0 Å². The molecule has 16 heavy (non-hydrogen) atoms. The fraction of sp³-hybridized carbons (Fsp3) is 0.923. The highest BCUT2D eigenvalue weighted by molar-refractivity contribution is 5.84. The molecular formula is C13H21NO2. The largest absolute Gasteiger partial charge is 0.378 e. The first kappa shape index (κ1) is 10.7. The summed E-state index contributed by atoms with van der Waals surface area (Å²) in [6, 6.07) is 0.975. The predicted octanol–water partition coefficient (Wildman–Crippen LogP) is 1.46. The second kappa shape index (κ2) is 4.11. The van der Waals surface area contributed by atoms with Crippen LogP contribution < -0.4 is 0 Å². The molecule has 2 bridgehead atoms. The number of likely N-dealkylation sites (N-methyl/N-ethyl adjacent to an activating group) is 1. The molecule has 1 aliphatic carbocycles. The molecule has 2 heterocycles. The number of rotatable bonds is 2. The predicted molar refractivity (Wildman–Crippen MR) is 61.2 cm³/mol. The Labute approximate surface area is 97.1 Å². The van der Waals surface area contributed by atoms with E-state index in [-0.39, 0.29) is 0 Å². The lowest BCUT2D eigenvalue weighted by Gasteiger charge is -2.47. The smallest absolute Gasteiger partial charge is 0.139 e. The fourth-order valence-corrected chi connectivity index (χ4v) is 3.35. The molecule has 3 aliphatic rings. The lowest BCUT2D eigenvalue weighted by atomic mass is 9.73. The van der Waals surface area contributed by atoms with Gasteiger partial charge in [0.25, 0.3) is 0 Å². The summed E-state index contributed by atoms with van der Waals surface area (Å²) in [7, 11) is 2.18. The summed E-state index contributed by atoms with van der Waals surface area (Å²) in [5, 5.41) is 0. The lowest BCUT2D eigenvalue weighted by molar-refractivity contribution is -0.137. The molecule has 2 atom stereocenters. The van der Waals surface area contributed by atoms with Gasteiger partial charge in [-0.15, -0.1) is 0 Å². The summed E-state index contributed by atoms with van der Waals surface area (Å²) in [4.78, 5) is 14.7. The third-order valence-corrected chi connectivity index (χ3v) is 4.80. The van der Waals surface area contributed by atoms with Crippen molar-refractivity contribution in [2.45, 2.75) is 44.2 Å². The van der Waals surface area contributed by atoms with Crippen LogP contribution in [0, 0.1) is 11.8 Å². The highest BCUT2D eigenvalue weighted by Crippen LogP contribution is 2.36. The van der Waals surface area contributed by atoms with Gasteiger partial charge in [0.05, 0.1) is 13.2 Å². The number of morpholine rings is 1. The summed E-state index contributed by atoms with van der Waals surface area (Å²) in [6.07, 6.45) is 5.62. The molecule has 1 saturated carbocycles. The average molecular weight is 223 g/mol. The number of carbonyl (C=O) groups is 1. The Balaban J connectivity index is 1.67. The Morgan fingerprint density at radius 1 is 1.12 bits per heavy atom. The van der Waals surface area contributed by atoms with E-state index in [9.17, 15) is 4.79 Å². The third kappa shape index (κ3) is 1.70. The molecule has 2 aliphatic heterocycles. The van der Waals surface area contributed by atoms with E-state index in [4.69, 9.17) is 4.74 Å². The van der Waals surface area contributed by atoms with Crippen LogP contribution in [0.15, 0.2) is 0 Å². The molecule has 0 aromatic carbocycles. The van der Waals surface area contributed by atoms with Gasteiger partial charge in [0.2, 0.25) is 0 Å². The van der Waals surface area contributed by atoms with Crippen molar-refractivity contribution in [3.05, 3.63) is 0 Å². The van der Waals surface area contributed by atoms with Gasteiger partial charge in [-0.2, -0.15) is 0 Å². The van der Waals surface area contributed by atoms with Crippen molar-refractivity contribution in [3.8, 4) is 0 Å². The molecule has 3 heteroatoms. The second-order valence-electron chi connectivity index (χ2n) is 5.71. The van der Waals surface area contributed by atoms with Crippen molar-refractivity contribution in [1.29, 1.82) is 0 Å². The molecule has 0 aromatic heterocycles. The van der Waals surface area contributed by atoms with Crippen molar-refractivity contribution >= 4 is 5.78 Å². The van der Waals surface area contributed by atoms with Crippen molar-refractivity contribution in [1.82, 2.24) is 4.90 Å². The number of ether oxygens (including phenoxy) is 1. The minimum atomic E-state index is 0.334. The first-order valence-corrected chi connectivity index (χ1v) is 6.59. The number of nitrogens with zero attached hydrogens (tertiary/aromatic N) is 1. The van der Waals surface area contributed by atoms with E-state index in [1.165, 1.54) is 6.42 Å². The molecule has 0 aromatic rings. The van der Waals surface area contributed by atoms with Gasteiger partial charge in [-0.3, -0.25) is 9.69 Å². The zero-order valence-electron chi connectivity index (χ0n) is 10.0. The Bertz CT molecular complexity index is 274. The van der Waals surface area contributed by atoms with Gasteiger partial charge in [-0.05, 0) is 32.7 Å². The molecule has 0 radical (unpaired) electrons. The van der Waals surface area contributed by atoms with Gasteiger partial charge in [0.1, 0.15) is 5.78 Å². The SMILES string of the molecule is CN1C2COCC1CC(C(=O)C1CCC1)C2. The van der Waals surface area contributed by atoms with Gasteiger partial charge >= 0.3 is 0 Å². The molecule has 0 spiro atoms. The Hall–Kier alpha value is -0.410. The second-order valence-corrected chi connectivity index (χ2v) is 5.71. The first-order valence-electron chi connectivity index (χ1n) is 6.59. The van der Waals surface area contributed by atoms with Gasteiger partial charge in [0.15, 0.2) is 0 Å². The normalized spacial score (nSPS) is 40.4. The Morgan fingerprint density at radius 2 is 1.75 bits per heavy atom. The third-order valence-electron chi connectivity index (χ3n) is 4.80. The monoisotopic (exact) mass is 223 g/mol. The average Bonchev–Trinajstić information content (AvgIpc) is 2.13. The number of hydrogen-bond donors (Lipinski definition) is 0. The van der Waals surface area contributed by atoms with E-state index in [2.05, 4.69) is 11.9 Å². The molecule has 3 nitrogen and oxygen atoms in total. The van der Waals surface area contributed by atoms with Crippen LogP contribution in [0.3, 0.4) is 0 Å². The Morgan fingerprint density at radius 3 is 2.25 bits per heavy atom. The zero-order chi connectivity index (χ0) is 11.1. The van der Waals surface area contributed by atoms with E-state index in [0.717, 1.165) is 38.9 Å². The minimum absolute atomic E-state index is 0.334. The van der Waals surface area contributed by atoms with Crippen LogP contribution in [0.2, 0.25) is 0 Å². The maximum atomic E-state index is 12.3. The van der Waals surface area contributed by atoms with Crippen LogP contribution in [-0.4, -0.2) is 43.0 Å². The van der Waals surface area contributed by atoms with Crippen molar-refractivity contribution in [3.63, 3.8) is 0 Å². The van der Waals surface area contributed by atoms with Crippen LogP contribution in [0.5, 0.6) is 0 Å². The van der Waals surface area contributed by atoms with E-state index < -0.39 is 0 Å². The summed E-state index contributed by atoms with van der Waals surface area (Å²) in [5.41, 5.74) is 0. The standard InChI is InChI=1S/C13H21NO2/c1-14-11-5-10(6-12(14)8-16-7-11)13(15)9-3-2-4-9/h9-12H,2-8H2,1H3. The lowest BCUT2D eigenvalue weighted by Crippen LogP contribution is -2.56. The highest BCUT2D eigenvalue weighted by Gasteiger charge is 2.41. The molecule has 2 unspecified atom stereocenters. The fourth-order valence-electron chi connectivity index (χ4n) is 3.35. The number of fused-ring (bicyclic) bond motifs is 2. The summed E-state index contributed by atoms with van der Waals surface area (Å²) >= 11 is 0. The van der Waals surface area contributed by atoms with Crippen LogP contribution in [0.1, 0.15) is 32.1 Å². The highest BCUT2D eigenvalue weighted by atomic mass is 16.5. The Kier molecular flexibility index (Phi) is 2.76. The zero-order valence-corrected chi connectivity index (χ0v) is 10.0. The topological polar surface area (TPSA) is 29.5 Å². The first-order chi connectivity index (χ1) is 7.75. The van der Waals surface area contributed by atoms with E-state index in [1.807, 2.05) is 0 Å². The molecule has 2 saturated heterocycles. The number of Topliss-reactive ketones (excluding diaryl/α,β-unsaturated/α-hetero) is 1. The van der Waals surface area contributed by atoms with Gasteiger partial charge in [-0.1, -0.05) is 6.42 Å². The molecule has 3 fully saturated rings. The van der Waals surface area contributed by atoms with Gasteiger partial charge < -0.3 is 4.74 Å². The number of carbonyl (C=O) groups excluding carboxylic acids is 1. The quantitative estimate of drug-likeness (QED) is 0.710. The molecular weight excluding hydrogens is 202 g/mol. The van der Waals surface area contributed by atoms with Gasteiger partial charge in [0, 0.05) is 23.9 Å². The summed E-state index contributed by atoms with van der Waals surface area (Å²) in [5.74, 6) is 1.31.